The molecule has 102 valence electrons. The van der Waals surface area contributed by atoms with Gasteiger partial charge in [-0.15, -0.1) is 0 Å². The van der Waals surface area contributed by atoms with Gasteiger partial charge in [0, 0.05) is 13.0 Å². The fourth-order valence-corrected chi connectivity index (χ4v) is 2.30. The van der Waals surface area contributed by atoms with Gasteiger partial charge in [-0.05, 0) is 38.5 Å². The van der Waals surface area contributed by atoms with Gasteiger partial charge in [0.05, 0.1) is 11.1 Å². The zero-order chi connectivity index (χ0) is 14.2. The molecule has 3 nitrogen and oxygen atoms in total. The second-order valence-corrected chi connectivity index (χ2v) is 5.17. The normalized spacial score (nSPS) is 18.5. The minimum Gasteiger partial charge on any atom is -0.326 e. The number of ketones is 1. The van der Waals surface area contributed by atoms with E-state index in [9.17, 15) is 18.4 Å². The number of piperidine rings is 1. The Kier molecular flexibility index (Phi) is 3.39. The van der Waals surface area contributed by atoms with Crippen molar-refractivity contribution in [2.75, 3.05) is 6.54 Å². The maximum Gasteiger partial charge on any atom is 0.257 e. The number of hydrogen-bond acceptors (Lipinski definition) is 2. The number of hydrogen-bond donors (Lipinski definition) is 0. The summed E-state index contributed by atoms with van der Waals surface area (Å²) >= 11 is 0. The van der Waals surface area contributed by atoms with Crippen molar-refractivity contribution < 1.29 is 18.4 Å². The molecule has 1 amide bonds. The molecule has 0 aliphatic carbocycles. The molecule has 1 aromatic rings. The summed E-state index contributed by atoms with van der Waals surface area (Å²) in [5.41, 5.74) is -1.31. The van der Waals surface area contributed by atoms with Crippen LogP contribution in [0.2, 0.25) is 0 Å². The van der Waals surface area contributed by atoms with Gasteiger partial charge in [0.2, 0.25) is 0 Å². The maximum absolute atomic E-state index is 13.6. The van der Waals surface area contributed by atoms with Gasteiger partial charge < -0.3 is 4.90 Å². The smallest absolute Gasteiger partial charge is 0.257 e. The number of nitrogens with zero attached hydrogens (tertiary/aromatic N) is 1. The van der Waals surface area contributed by atoms with E-state index < -0.39 is 23.1 Å². The fourth-order valence-electron chi connectivity index (χ4n) is 2.30. The summed E-state index contributed by atoms with van der Waals surface area (Å²) in [5.74, 6) is -2.16. The minimum atomic E-state index is -0.978. The van der Waals surface area contributed by atoms with Crippen LogP contribution >= 0.6 is 0 Å². The van der Waals surface area contributed by atoms with E-state index in [4.69, 9.17) is 0 Å². The van der Waals surface area contributed by atoms with Crippen LogP contribution in [0.5, 0.6) is 0 Å². The molecule has 1 aromatic carbocycles. The molecule has 0 bridgehead atoms. The third-order valence-electron chi connectivity index (χ3n) is 3.55. The second kappa shape index (κ2) is 4.72. The van der Waals surface area contributed by atoms with Crippen LogP contribution in [-0.4, -0.2) is 28.7 Å². The van der Waals surface area contributed by atoms with Crippen LogP contribution in [0.25, 0.3) is 0 Å². The number of carbonyl (C=O) groups is 2. The lowest BCUT2D eigenvalue weighted by molar-refractivity contribution is -0.130. The minimum absolute atomic E-state index is 0.0658. The van der Waals surface area contributed by atoms with E-state index >= 15 is 0 Å². The standard InChI is InChI=1S/C14H15F2NO2/c1-14(2)12(18)4-3-7-17(14)13(19)10-8-9(15)5-6-11(10)16/h5-6,8H,3-4,7H2,1-2H3. The number of amides is 1. The third kappa shape index (κ3) is 2.37. The lowest BCUT2D eigenvalue weighted by atomic mass is 9.88. The Hall–Kier alpha value is -1.78. The average molecular weight is 267 g/mol. The van der Waals surface area contributed by atoms with Crippen molar-refractivity contribution in [2.45, 2.75) is 32.2 Å². The lowest BCUT2D eigenvalue weighted by Gasteiger charge is -2.41. The molecule has 2 rings (SSSR count). The number of rotatable bonds is 1. The van der Waals surface area contributed by atoms with E-state index in [1.165, 1.54) is 4.90 Å². The number of halogens is 2. The van der Waals surface area contributed by atoms with Gasteiger partial charge in [0.15, 0.2) is 5.78 Å². The van der Waals surface area contributed by atoms with Gasteiger partial charge in [-0.2, -0.15) is 0 Å². The largest absolute Gasteiger partial charge is 0.326 e. The molecule has 1 heterocycles. The van der Waals surface area contributed by atoms with Gasteiger partial charge in [0.1, 0.15) is 11.6 Å². The number of carbonyl (C=O) groups excluding carboxylic acids is 2. The highest BCUT2D eigenvalue weighted by atomic mass is 19.1. The van der Waals surface area contributed by atoms with E-state index in [1.54, 1.807) is 13.8 Å². The first-order valence-corrected chi connectivity index (χ1v) is 6.14. The summed E-state index contributed by atoms with van der Waals surface area (Å²) in [5, 5.41) is 0. The summed E-state index contributed by atoms with van der Waals surface area (Å²) in [6.45, 7) is 3.63. The molecule has 1 fully saturated rings. The highest BCUT2D eigenvalue weighted by Gasteiger charge is 2.40. The highest BCUT2D eigenvalue weighted by molar-refractivity contribution is 6.00. The molecule has 0 unspecified atom stereocenters. The number of benzene rings is 1. The molecule has 0 N–H and O–H groups in total. The first-order valence-electron chi connectivity index (χ1n) is 6.14. The molecule has 0 saturated carbocycles. The summed E-state index contributed by atoms with van der Waals surface area (Å²) in [6.07, 6.45) is 0.952. The van der Waals surface area contributed by atoms with Crippen LogP contribution in [-0.2, 0) is 4.79 Å². The first-order chi connectivity index (χ1) is 8.84. The van der Waals surface area contributed by atoms with Crippen molar-refractivity contribution >= 4 is 11.7 Å². The van der Waals surface area contributed by atoms with Crippen molar-refractivity contribution in [3.63, 3.8) is 0 Å². The van der Waals surface area contributed by atoms with Gasteiger partial charge >= 0.3 is 0 Å². The molecule has 0 aromatic heterocycles. The first kappa shape index (κ1) is 13.6. The van der Waals surface area contributed by atoms with Gasteiger partial charge in [-0.1, -0.05) is 0 Å². The molecule has 1 saturated heterocycles. The fraction of sp³-hybridized carbons (Fsp3) is 0.429. The number of Topliss-reactive ketones (excluding diaryl/α,β-unsaturated/α-hetero) is 1. The zero-order valence-electron chi connectivity index (χ0n) is 10.9. The third-order valence-corrected chi connectivity index (χ3v) is 3.55. The van der Waals surface area contributed by atoms with Crippen molar-refractivity contribution in [1.82, 2.24) is 4.90 Å². The molecule has 1 aliphatic heterocycles. The molecule has 0 radical (unpaired) electrons. The van der Waals surface area contributed by atoms with Crippen molar-refractivity contribution in [3.8, 4) is 0 Å². The molecule has 5 heteroatoms. The average Bonchev–Trinajstić information content (AvgIpc) is 2.35. The topological polar surface area (TPSA) is 37.4 Å². The Morgan fingerprint density at radius 3 is 2.68 bits per heavy atom. The highest BCUT2D eigenvalue weighted by Crippen LogP contribution is 2.27. The van der Waals surface area contributed by atoms with Crippen molar-refractivity contribution in [1.29, 1.82) is 0 Å². The van der Waals surface area contributed by atoms with Crippen LogP contribution in [0.3, 0.4) is 0 Å². The summed E-state index contributed by atoms with van der Waals surface area (Å²) in [7, 11) is 0. The van der Waals surface area contributed by atoms with E-state index in [-0.39, 0.29) is 11.3 Å². The molecule has 0 spiro atoms. The molecular weight excluding hydrogens is 252 g/mol. The van der Waals surface area contributed by atoms with Crippen LogP contribution in [0.4, 0.5) is 8.78 Å². The van der Waals surface area contributed by atoms with E-state index in [1.807, 2.05) is 0 Å². The van der Waals surface area contributed by atoms with E-state index in [2.05, 4.69) is 0 Å². The quantitative estimate of drug-likeness (QED) is 0.784. The molecule has 1 aliphatic rings. The van der Waals surface area contributed by atoms with Gasteiger partial charge in [0.25, 0.3) is 5.91 Å². The zero-order valence-corrected chi connectivity index (χ0v) is 10.9. The van der Waals surface area contributed by atoms with Crippen LogP contribution in [0, 0.1) is 11.6 Å². The summed E-state index contributed by atoms with van der Waals surface area (Å²) in [4.78, 5) is 25.5. The van der Waals surface area contributed by atoms with E-state index in [0.717, 1.165) is 18.2 Å². The van der Waals surface area contributed by atoms with Crippen molar-refractivity contribution in [3.05, 3.63) is 35.4 Å². The van der Waals surface area contributed by atoms with Crippen molar-refractivity contribution in [2.24, 2.45) is 0 Å². The Balaban J connectivity index is 2.38. The number of likely N-dealkylation sites (tertiary alicyclic amines) is 1. The van der Waals surface area contributed by atoms with Gasteiger partial charge in [-0.25, -0.2) is 8.78 Å². The van der Waals surface area contributed by atoms with Crippen LogP contribution in [0.15, 0.2) is 18.2 Å². The SMILES string of the molecule is CC1(C)C(=O)CCCN1C(=O)c1cc(F)ccc1F. The monoisotopic (exact) mass is 267 g/mol. The summed E-state index contributed by atoms with van der Waals surface area (Å²) < 4.78 is 26.8. The molecular formula is C14H15F2NO2. The molecule has 0 atom stereocenters. The van der Waals surface area contributed by atoms with Crippen LogP contribution < -0.4 is 0 Å². The van der Waals surface area contributed by atoms with Gasteiger partial charge in [-0.3, -0.25) is 9.59 Å². The maximum atomic E-state index is 13.6. The predicted octanol–water partition coefficient (Wildman–Crippen LogP) is 2.55. The predicted molar refractivity (Wildman–Crippen MR) is 65.7 cm³/mol. The summed E-state index contributed by atoms with van der Waals surface area (Å²) in [6, 6.07) is 2.74. The van der Waals surface area contributed by atoms with E-state index in [0.29, 0.717) is 19.4 Å². The Morgan fingerprint density at radius 1 is 1.32 bits per heavy atom. The Morgan fingerprint density at radius 2 is 2.00 bits per heavy atom. The van der Waals surface area contributed by atoms with Crippen LogP contribution in [0.1, 0.15) is 37.0 Å². The Bertz CT molecular complexity index is 540. The Labute approximate surface area is 110 Å². The lowest BCUT2D eigenvalue weighted by Crippen LogP contribution is -2.56. The second-order valence-electron chi connectivity index (χ2n) is 5.17. The molecule has 19 heavy (non-hydrogen) atoms.